The molecule has 1 aliphatic rings. The molecule has 112 valence electrons. The van der Waals surface area contributed by atoms with Crippen molar-refractivity contribution in [3.8, 4) is 5.75 Å². The lowest BCUT2D eigenvalue weighted by Gasteiger charge is -2.10. The average Bonchev–Trinajstić information content (AvgIpc) is 3.04. The fourth-order valence-corrected chi connectivity index (χ4v) is 3.25. The molecule has 3 nitrogen and oxygen atoms in total. The van der Waals surface area contributed by atoms with Gasteiger partial charge in [0.25, 0.3) is 0 Å². The van der Waals surface area contributed by atoms with Crippen LogP contribution in [0.5, 0.6) is 5.75 Å². The molecular weight excluding hydrogens is 260 g/mol. The maximum atomic E-state index is 5.39. The van der Waals surface area contributed by atoms with Crippen molar-refractivity contribution in [1.82, 2.24) is 10.3 Å². The summed E-state index contributed by atoms with van der Waals surface area (Å²) in [6.07, 6.45) is 7.00. The zero-order valence-electron chi connectivity index (χ0n) is 12.8. The predicted molar refractivity (Wildman–Crippen MR) is 86.6 cm³/mol. The monoisotopic (exact) mass is 284 g/mol. The van der Waals surface area contributed by atoms with Crippen molar-refractivity contribution in [2.24, 2.45) is 5.92 Å². The maximum absolute atomic E-state index is 5.39. The summed E-state index contributed by atoms with van der Waals surface area (Å²) in [6.45, 7) is 1.93. The third-order valence-electron chi connectivity index (χ3n) is 4.47. The summed E-state index contributed by atoms with van der Waals surface area (Å²) in [5.74, 6) is 1.79. The minimum Gasteiger partial charge on any atom is -0.494 e. The van der Waals surface area contributed by atoms with Crippen LogP contribution in [0.4, 0.5) is 0 Å². The van der Waals surface area contributed by atoms with Crippen LogP contribution in [0.25, 0.3) is 10.9 Å². The number of hydrogen-bond donors (Lipinski definition) is 1. The molecule has 3 rings (SSSR count). The van der Waals surface area contributed by atoms with E-state index >= 15 is 0 Å². The van der Waals surface area contributed by atoms with Gasteiger partial charge in [0, 0.05) is 11.9 Å². The van der Waals surface area contributed by atoms with Gasteiger partial charge < -0.3 is 10.1 Å². The van der Waals surface area contributed by atoms with Crippen LogP contribution in [-0.4, -0.2) is 18.6 Å². The summed E-state index contributed by atoms with van der Waals surface area (Å²) in [6, 6.07) is 10.3. The highest BCUT2D eigenvalue weighted by molar-refractivity contribution is 5.84. The third-order valence-corrected chi connectivity index (χ3v) is 4.47. The number of ether oxygens (including phenoxy) is 1. The van der Waals surface area contributed by atoms with Gasteiger partial charge in [-0.15, -0.1) is 0 Å². The molecule has 3 heteroatoms. The smallest absolute Gasteiger partial charge is 0.145 e. The van der Waals surface area contributed by atoms with Gasteiger partial charge >= 0.3 is 0 Å². The Morgan fingerprint density at radius 2 is 2.05 bits per heavy atom. The molecule has 0 bridgehead atoms. The highest BCUT2D eigenvalue weighted by atomic mass is 16.5. The Labute approximate surface area is 126 Å². The number of benzene rings is 1. The van der Waals surface area contributed by atoms with Gasteiger partial charge in [-0.2, -0.15) is 0 Å². The SMILES string of the molecule is COc1cccc2ccc(CNCCC3CCCC3)nc12. The highest BCUT2D eigenvalue weighted by Crippen LogP contribution is 2.27. The molecule has 1 saturated carbocycles. The summed E-state index contributed by atoms with van der Waals surface area (Å²) < 4.78 is 5.39. The Morgan fingerprint density at radius 1 is 1.19 bits per heavy atom. The lowest BCUT2D eigenvalue weighted by Crippen LogP contribution is -2.17. The summed E-state index contributed by atoms with van der Waals surface area (Å²) in [4.78, 5) is 4.73. The maximum Gasteiger partial charge on any atom is 0.145 e. The van der Waals surface area contributed by atoms with Crippen LogP contribution in [0.1, 0.15) is 37.8 Å². The summed E-state index contributed by atoms with van der Waals surface area (Å²) in [5.41, 5.74) is 2.04. The first-order valence-electron chi connectivity index (χ1n) is 8.00. The van der Waals surface area contributed by atoms with Crippen LogP contribution >= 0.6 is 0 Å². The lowest BCUT2D eigenvalue weighted by atomic mass is 10.0. The normalized spacial score (nSPS) is 15.7. The van der Waals surface area contributed by atoms with Crippen LogP contribution in [0.15, 0.2) is 30.3 Å². The molecule has 1 aliphatic carbocycles. The number of rotatable bonds is 6. The van der Waals surface area contributed by atoms with Crippen molar-refractivity contribution in [2.75, 3.05) is 13.7 Å². The molecule has 0 spiro atoms. The first-order valence-corrected chi connectivity index (χ1v) is 8.00. The molecule has 21 heavy (non-hydrogen) atoms. The Morgan fingerprint density at radius 3 is 2.86 bits per heavy atom. The number of fused-ring (bicyclic) bond motifs is 1. The fourth-order valence-electron chi connectivity index (χ4n) is 3.25. The van der Waals surface area contributed by atoms with Crippen molar-refractivity contribution in [1.29, 1.82) is 0 Å². The van der Waals surface area contributed by atoms with E-state index in [2.05, 4.69) is 23.5 Å². The molecule has 0 aliphatic heterocycles. The molecular formula is C18H24N2O. The highest BCUT2D eigenvalue weighted by Gasteiger charge is 2.13. The number of para-hydroxylation sites is 1. The topological polar surface area (TPSA) is 34.1 Å². The van der Waals surface area contributed by atoms with Crippen LogP contribution in [0.3, 0.4) is 0 Å². The predicted octanol–water partition coefficient (Wildman–Crippen LogP) is 3.91. The number of hydrogen-bond acceptors (Lipinski definition) is 3. The van der Waals surface area contributed by atoms with Gasteiger partial charge in [-0.1, -0.05) is 43.9 Å². The van der Waals surface area contributed by atoms with E-state index in [4.69, 9.17) is 9.72 Å². The number of pyridine rings is 1. The zero-order valence-corrected chi connectivity index (χ0v) is 12.8. The van der Waals surface area contributed by atoms with E-state index in [1.54, 1.807) is 7.11 Å². The van der Waals surface area contributed by atoms with Crippen molar-refractivity contribution < 1.29 is 4.74 Å². The first-order chi connectivity index (χ1) is 10.4. The molecule has 2 aromatic rings. The average molecular weight is 284 g/mol. The molecule has 1 aromatic carbocycles. The van der Waals surface area contributed by atoms with E-state index < -0.39 is 0 Å². The van der Waals surface area contributed by atoms with Gasteiger partial charge in [0.2, 0.25) is 0 Å². The molecule has 0 amide bonds. The van der Waals surface area contributed by atoms with E-state index in [-0.39, 0.29) is 0 Å². The van der Waals surface area contributed by atoms with Crippen molar-refractivity contribution in [2.45, 2.75) is 38.6 Å². The van der Waals surface area contributed by atoms with E-state index in [9.17, 15) is 0 Å². The van der Waals surface area contributed by atoms with Crippen LogP contribution in [-0.2, 0) is 6.54 Å². The molecule has 1 fully saturated rings. The number of nitrogens with zero attached hydrogens (tertiary/aromatic N) is 1. The van der Waals surface area contributed by atoms with Gasteiger partial charge in [0.05, 0.1) is 12.8 Å². The van der Waals surface area contributed by atoms with Crippen LogP contribution in [0.2, 0.25) is 0 Å². The molecule has 0 radical (unpaired) electrons. The van der Waals surface area contributed by atoms with Gasteiger partial charge in [0.1, 0.15) is 11.3 Å². The van der Waals surface area contributed by atoms with Crippen LogP contribution < -0.4 is 10.1 Å². The molecule has 1 aromatic heterocycles. The van der Waals surface area contributed by atoms with E-state index in [1.165, 1.54) is 32.1 Å². The van der Waals surface area contributed by atoms with Crippen molar-refractivity contribution in [3.63, 3.8) is 0 Å². The first kappa shape index (κ1) is 14.3. The molecule has 1 heterocycles. The fraction of sp³-hybridized carbons (Fsp3) is 0.500. The molecule has 0 saturated heterocycles. The second kappa shape index (κ2) is 6.90. The molecule has 0 unspecified atom stereocenters. The Balaban J connectivity index is 1.58. The van der Waals surface area contributed by atoms with E-state index in [1.807, 2.05) is 12.1 Å². The number of nitrogens with one attached hydrogen (secondary N) is 1. The van der Waals surface area contributed by atoms with Crippen molar-refractivity contribution >= 4 is 10.9 Å². The minimum absolute atomic E-state index is 0.834. The Hall–Kier alpha value is -1.61. The zero-order chi connectivity index (χ0) is 14.5. The minimum atomic E-state index is 0.834. The summed E-state index contributed by atoms with van der Waals surface area (Å²) in [5, 5.41) is 4.66. The number of methoxy groups -OCH3 is 1. The van der Waals surface area contributed by atoms with E-state index in [0.717, 1.165) is 41.4 Å². The Kier molecular flexibility index (Phi) is 4.71. The lowest BCUT2D eigenvalue weighted by molar-refractivity contribution is 0.418. The third kappa shape index (κ3) is 3.53. The summed E-state index contributed by atoms with van der Waals surface area (Å²) >= 11 is 0. The second-order valence-corrected chi connectivity index (χ2v) is 5.95. The second-order valence-electron chi connectivity index (χ2n) is 5.95. The van der Waals surface area contributed by atoms with Crippen molar-refractivity contribution in [3.05, 3.63) is 36.0 Å². The van der Waals surface area contributed by atoms with Gasteiger partial charge in [-0.25, -0.2) is 4.98 Å². The molecule has 0 atom stereocenters. The quantitative estimate of drug-likeness (QED) is 0.817. The standard InChI is InChI=1S/C18H24N2O/c1-21-17-8-4-7-15-9-10-16(20-18(15)17)13-19-12-11-14-5-2-3-6-14/h4,7-10,14,19H,2-3,5-6,11-13H2,1H3. The largest absolute Gasteiger partial charge is 0.494 e. The van der Waals surface area contributed by atoms with Gasteiger partial charge in [-0.3, -0.25) is 0 Å². The number of aromatic nitrogens is 1. The van der Waals surface area contributed by atoms with E-state index in [0.29, 0.717) is 0 Å². The Bertz CT molecular complexity index is 591. The summed E-state index contributed by atoms with van der Waals surface area (Å²) in [7, 11) is 1.70. The van der Waals surface area contributed by atoms with Gasteiger partial charge in [0.15, 0.2) is 0 Å². The van der Waals surface area contributed by atoms with Crippen LogP contribution in [0, 0.1) is 5.92 Å². The van der Waals surface area contributed by atoms with Gasteiger partial charge in [-0.05, 0) is 31.0 Å². The molecule has 1 N–H and O–H groups in total.